The van der Waals surface area contributed by atoms with Crippen molar-refractivity contribution in [2.45, 2.75) is 45.3 Å². The van der Waals surface area contributed by atoms with Gasteiger partial charge in [0, 0.05) is 61.6 Å². The molecule has 0 amide bonds. The number of carboxylic acids is 1. The van der Waals surface area contributed by atoms with Crippen molar-refractivity contribution in [2.75, 3.05) is 39.2 Å². The lowest BCUT2D eigenvalue weighted by molar-refractivity contribution is 0.000912. The summed E-state index contributed by atoms with van der Waals surface area (Å²) in [5.74, 6) is 0.961. The van der Waals surface area contributed by atoms with Gasteiger partial charge in [0.15, 0.2) is 0 Å². The van der Waals surface area contributed by atoms with E-state index in [1.54, 1.807) is 38.4 Å². The fourth-order valence-corrected chi connectivity index (χ4v) is 4.68. The molecule has 2 fully saturated rings. The van der Waals surface area contributed by atoms with Crippen molar-refractivity contribution in [3.63, 3.8) is 0 Å². The number of ether oxygens (including phenoxy) is 2. The molecule has 2 aromatic carbocycles. The Bertz CT molecular complexity index is 1130. The molecule has 35 heavy (non-hydrogen) atoms. The first-order valence-corrected chi connectivity index (χ1v) is 12.5. The van der Waals surface area contributed by atoms with Crippen LogP contribution in [0.15, 0.2) is 42.6 Å². The summed E-state index contributed by atoms with van der Waals surface area (Å²) >= 11 is 0. The Balaban J connectivity index is 0.000000221. The van der Waals surface area contributed by atoms with E-state index < -0.39 is 5.97 Å². The summed E-state index contributed by atoms with van der Waals surface area (Å²) in [6, 6.07) is 11.1. The standard InChI is InChI=1S/C20H28N2O2.C8H9NO2/c1-14-11-19(23-2)18(17-5-8-21-20(14)17)12-22-9-6-16(7-10-22)24-13-15-3-4-15;1-9-7-5-3-2-4-6(7)8(10)11/h5,8,11,15-16,21H,3-4,6-7,9-10,12-13H2,1-2H3;2-5,9H,1H3,(H,10,11). The molecule has 5 rings (SSSR count). The van der Waals surface area contributed by atoms with E-state index in [2.05, 4.69) is 34.3 Å². The van der Waals surface area contributed by atoms with Gasteiger partial charge in [0.05, 0.1) is 18.8 Å². The summed E-state index contributed by atoms with van der Waals surface area (Å²) in [4.78, 5) is 16.4. The Morgan fingerprint density at radius 3 is 2.54 bits per heavy atom. The molecule has 1 saturated carbocycles. The van der Waals surface area contributed by atoms with E-state index in [0.29, 0.717) is 17.4 Å². The van der Waals surface area contributed by atoms with E-state index in [4.69, 9.17) is 14.6 Å². The second kappa shape index (κ2) is 11.6. The van der Waals surface area contributed by atoms with Crippen LogP contribution >= 0.6 is 0 Å². The average molecular weight is 480 g/mol. The maximum Gasteiger partial charge on any atom is 0.337 e. The quantitative estimate of drug-likeness (QED) is 0.406. The first-order valence-electron chi connectivity index (χ1n) is 12.5. The van der Waals surface area contributed by atoms with Crippen LogP contribution < -0.4 is 10.1 Å². The normalized spacial score (nSPS) is 16.5. The van der Waals surface area contributed by atoms with Gasteiger partial charge >= 0.3 is 5.97 Å². The van der Waals surface area contributed by atoms with Crippen LogP contribution in [0.2, 0.25) is 0 Å². The molecule has 0 unspecified atom stereocenters. The van der Waals surface area contributed by atoms with Crippen molar-refractivity contribution < 1.29 is 19.4 Å². The molecule has 1 saturated heterocycles. The Hall–Kier alpha value is -3.03. The molecule has 0 spiro atoms. The molecule has 7 heteroatoms. The highest BCUT2D eigenvalue weighted by Crippen LogP contribution is 2.33. The minimum atomic E-state index is -0.907. The van der Waals surface area contributed by atoms with Crippen LogP contribution in [-0.2, 0) is 11.3 Å². The number of likely N-dealkylation sites (tertiary alicyclic amines) is 1. The number of nitrogens with zero attached hydrogens (tertiary/aromatic N) is 1. The fraction of sp³-hybridized carbons (Fsp3) is 0.464. The van der Waals surface area contributed by atoms with Crippen LogP contribution in [-0.4, -0.2) is 60.9 Å². The lowest BCUT2D eigenvalue weighted by Crippen LogP contribution is -2.36. The first kappa shape index (κ1) is 25.1. The third-order valence-electron chi connectivity index (χ3n) is 6.94. The predicted octanol–water partition coefficient (Wildman–Crippen LogP) is 5.30. The Labute approximate surface area is 207 Å². The number of aromatic nitrogens is 1. The van der Waals surface area contributed by atoms with Crippen LogP contribution in [0.4, 0.5) is 5.69 Å². The lowest BCUT2D eigenvalue weighted by atomic mass is 10.0. The Kier molecular flexibility index (Phi) is 8.31. The molecule has 2 heterocycles. The number of fused-ring (bicyclic) bond motifs is 1. The number of methoxy groups -OCH3 is 1. The molecule has 3 aromatic rings. The SMILES string of the molecule is CNc1ccccc1C(=O)O.COc1cc(C)c2[nH]ccc2c1CN1CCC(OCC2CC2)CC1. The third kappa shape index (κ3) is 6.35. The van der Waals surface area contributed by atoms with Gasteiger partial charge in [0.25, 0.3) is 0 Å². The molecule has 1 aliphatic carbocycles. The van der Waals surface area contributed by atoms with Gasteiger partial charge in [-0.3, -0.25) is 4.90 Å². The van der Waals surface area contributed by atoms with E-state index in [9.17, 15) is 4.79 Å². The summed E-state index contributed by atoms with van der Waals surface area (Å²) < 4.78 is 11.7. The lowest BCUT2D eigenvalue weighted by Gasteiger charge is -2.32. The molecule has 7 nitrogen and oxygen atoms in total. The van der Waals surface area contributed by atoms with E-state index >= 15 is 0 Å². The van der Waals surface area contributed by atoms with Crippen LogP contribution in [0, 0.1) is 12.8 Å². The van der Waals surface area contributed by atoms with Crippen LogP contribution in [0.5, 0.6) is 5.75 Å². The highest BCUT2D eigenvalue weighted by molar-refractivity contribution is 5.94. The van der Waals surface area contributed by atoms with Crippen molar-refractivity contribution in [3.8, 4) is 5.75 Å². The summed E-state index contributed by atoms with van der Waals surface area (Å²) in [6.07, 6.45) is 7.54. The van der Waals surface area contributed by atoms with Gasteiger partial charge in [-0.15, -0.1) is 0 Å². The molecule has 0 radical (unpaired) electrons. The zero-order valence-electron chi connectivity index (χ0n) is 21.0. The van der Waals surface area contributed by atoms with Gasteiger partial charge in [-0.05, 0) is 68.4 Å². The minimum Gasteiger partial charge on any atom is -0.496 e. The number of anilines is 1. The highest BCUT2D eigenvalue weighted by atomic mass is 16.5. The number of hydrogen-bond acceptors (Lipinski definition) is 5. The second-order valence-electron chi connectivity index (χ2n) is 9.49. The highest BCUT2D eigenvalue weighted by Gasteiger charge is 2.26. The summed E-state index contributed by atoms with van der Waals surface area (Å²) in [5, 5.41) is 12.7. The molecule has 0 atom stereocenters. The molecule has 3 N–H and O–H groups in total. The van der Waals surface area contributed by atoms with Crippen molar-refractivity contribution in [1.82, 2.24) is 9.88 Å². The number of para-hydroxylation sites is 1. The molecule has 1 aromatic heterocycles. The number of aryl methyl sites for hydroxylation is 1. The Morgan fingerprint density at radius 1 is 1.17 bits per heavy atom. The van der Waals surface area contributed by atoms with Crippen LogP contribution in [0.25, 0.3) is 10.9 Å². The molecular formula is C28H37N3O4. The minimum absolute atomic E-state index is 0.301. The number of benzene rings is 2. The molecule has 188 valence electrons. The number of aromatic amines is 1. The molecular weight excluding hydrogens is 442 g/mol. The van der Waals surface area contributed by atoms with E-state index in [1.807, 2.05) is 6.20 Å². The average Bonchev–Trinajstić information content (AvgIpc) is 3.58. The van der Waals surface area contributed by atoms with Crippen molar-refractivity contribution >= 4 is 22.6 Å². The van der Waals surface area contributed by atoms with Gasteiger partial charge in [-0.1, -0.05) is 12.1 Å². The number of H-pyrrole nitrogens is 1. The maximum atomic E-state index is 10.5. The second-order valence-corrected chi connectivity index (χ2v) is 9.49. The van der Waals surface area contributed by atoms with E-state index in [0.717, 1.165) is 50.8 Å². The van der Waals surface area contributed by atoms with Crippen molar-refractivity contribution in [1.29, 1.82) is 0 Å². The predicted molar refractivity (Wildman–Crippen MR) is 140 cm³/mol. The number of piperidine rings is 1. The molecule has 2 aliphatic rings. The van der Waals surface area contributed by atoms with E-state index in [-0.39, 0.29) is 0 Å². The van der Waals surface area contributed by atoms with Crippen LogP contribution in [0.1, 0.15) is 47.2 Å². The number of hydrogen-bond donors (Lipinski definition) is 3. The third-order valence-corrected chi connectivity index (χ3v) is 6.94. The summed E-state index contributed by atoms with van der Waals surface area (Å²) in [7, 11) is 3.47. The van der Waals surface area contributed by atoms with Crippen LogP contribution in [0.3, 0.4) is 0 Å². The number of aromatic carboxylic acids is 1. The Morgan fingerprint density at radius 2 is 1.91 bits per heavy atom. The summed E-state index contributed by atoms with van der Waals surface area (Å²) in [5.41, 5.74) is 4.71. The monoisotopic (exact) mass is 479 g/mol. The number of nitrogens with one attached hydrogen (secondary N) is 2. The number of carbonyl (C=O) groups is 1. The van der Waals surface area contributed by atoms with E-state index in [1.165, 1.54) is 34.9 Å². The summed E-state index contributed by atoms with van der Waals surface area (Å²) in [6.45, 7) is 6.29. The topological polar surface area (TPSA) is 86.8 Å². The van der Waals surface area contributed by atoms with Crippen molar-refractivity contribution in [2.24, 2.45) is 5.92 Å². The number of carboxylic acid groups (broad SMARTS) is 1. The van der Waals surface area contributed by atoms with Gasteiger partial charge in [0.1, 0.15) is 5.75 Å². The molecule has 1 aliphatic heterocycles. The zero-order valence-corrected chi connectivity index (χ0v) is 21.0. The van der Waals surface area contributed by atoms with Gasteiger partial charge < -0.3 is 24.9 Å². The zero-order chi connectivity index (χ0) is 24.8. The van der Waals surface area contributed by atoms with Gasteiger partial charge in [-0.2, -0.15) is 0 Å². The smallest absolute Gasteiger partial charge is 0.337 e. The fourth-order valence-electron chi connectivity index (χ4n) is 4.68. The molecule has 0 bridgehead atoms. The maximum absolute atomic E-state index is 10.5. The van der Waals surface area contributed by atoms with Crippen molar-refractivity contribution in [3.05, 3.63) is 59.3 Å². The number of rotatable bonds is 8. The largest absolute Gasteiger partial charge is 0.496 e. The van der Waals surface area contributed by atoms with Gasteiger partial charge in [-0.25, -0.2) is 4.79 Å². The first-order chi connectivity index (χ1) is 17.0. The van der Waals surface area contributed by atoms with Gasteiger partial charge in [0.2, 0.25) is 0 Å².